The molecule has 1 amide bonds. The molecule has 0 bridgehead atoms. The number of rotatable bonds is 5. The maximum atomic E-state index is 13.7. The van der Waals surface area contributed by atoms with Crippen molar-refractivity contribution in [2.45, 2.75) is 13.0 Å². The predicted molar refractivity (Wildman–Crippen MR) is 91.4 cm³/mol. The first kappa shape index (κ1) is 16.1. The van der Waals surface area contributed by atoms with Gasteiger partial charge in [-0.1, -0.05) is 18.2 Å². The van der Waals surface area contributed by atoms with Gasteiger partial charge < -0.3 is 14.6 Å². The Balaban J connectivity index is 1.76. The smallest absolute Gasteiger partial charge is 0.227 e. The molecule has 24 heavy (non-hydrogen) atoms. The quantitative estimate of drug-likeness (QED) is 0.780. The minimum Gasteiger partial charge on any atom is -0.497 e. The summed E-state index contributed by atoms with van der Waals surface area (Å²) in [5.74, 6) is 0.381. The molecular formula is C19H19FN2O2. The molecule has 0 aliphatic rings. The first-order valence-corrected chi connectivity index (χ1v) is 7.70. The van der Waals surface area contributed by atoms with E-state index in [0.29, 0.717) is 5.56 Å². The maximum Gasteiger partial charge on any atom is 0.227 e. The lowest BCUT2D eigenvalue weighted by molar-refractivity contribution is -0.129. The Kier molecular flexibility index (Phi) is 4.51. The average Bonchev–Trinajstić information content (AvgIpc) is 2.99. The standard InChI is InChI=1S/C19H19FN2O2/c1-22(12-13-5-3-4-6-17(13)20)19(23)9-14-11-21-18-8-7-15(24-2)10-16(14)18/h3-8,10-11,21H,9,12H2,1-2H3. The van der Waals surface area contributed by atoms with Crippen molar-refractivity contribution in [3.8, 4) is 5.75 Å². The Labute approximate surface area is 139 Å². The van der Waals surface area contributed by atoms with E-state index in [-0.39, 0.29) is 24.7 Å². The number of carbonyl (C=O) groups excluding carboxylic acids is 1. The number of aromatic nitrogens is 1. The Morgan fingerprint density at radius 1 is 1.21 bits per heavy atom. The van der Waals surface area contributed by atoms with E-state index in [1.807, 2.05) is 24.4 Å². The fourth-order valence-corrected chi connectivity index (χ4v) is 2.70. The highest BCUT2D eigenvalue weighted by Gasteiger charge is 2.15. The van der Waals surface area contributed by atoms with Gasteiger partial charge in [0.2, 0.25) is 5.91 Å². The van der Waals surface area contributed by atoms with Crippen LogP contribution < -0.4 is 4.74 Å². The van der Waals surface area contributed by atoms with E-state index in [1.54, 1.807) is 32.4 Å². The van der Waals surface area contributed by atoms with E-state index in [9.17, 15) is 9.18 Å². The lowest BCUT2D eigenvalue weighted by Crippen LogP contribution is -2.28. The van der Waals surface area contributed by atoms with Crippen molar-refractivity contribution < 1.29 is 13.9 Å². The molecule has 4 nitrogen and oxygen atoms in total. The number of benzene rings is 2. The Hall–Kier alpha value is -2.82. The molecule has 124 valence electrons. The van der Waals surface area contributed by atoms with Crippen molar-refractivity contribution >= 4 is 16.8 Å². The van der Waals surface area contributed by atoms with Gasteiger partial charge in [0.05, 0.1) is 13.5 Å². The first-order chi connectivity index (χ1) is 11.6. The van der Waals surface area contributed by atoms with Crippen LogP contribution >= 0.6 is 0 Å². The molecule has 5 heteroatoms. The number of H-pyrrole nitrogens is 1. The number of fused-ring (bicyclic) bond motifs is 1. The third-order valence-corrected chi connectivity index (χ3v) is 4.11. The molecule has 1 aromatic heterocycles. The van der Waals surface area contributed by atoms with Gasteiger partial charge in [-0.2, -0.15) is 0 Å². The summed E-state index contributed by atoms with van der Waals surface area (Å²) < 4.78 is 19.0. The van der Waals surface area contributed by atoms with Gasteiger partial charge in [-0.15, -0.1) is 0 Å². The second-order valence-electron chi connectivity index (χ2n) is 5.74. The topological polar surface area (TPSA) is 45.3 Å². The maximum absolute atomic E-state index is 13.7. The minimum atomic E-state index is -0.297. The lowest BCUT2D eigenvalue weighted by atomic mass is 10.1. The summed E-state index contributed by atoms with van der Waals surface area (Å²) in [6.45, 7) is 0.247. The molecule has 0 spiro atoms. The number of carbonyl (C=O) groups is 1. The fraction of sp³-hybridized carbons (Fsp3) is 0.211. The van der Waals surface area contributed by atoms with Gasteiger partial charge in [0, 0.05) is 36.3 Å². The number of amides is 1. The molecule has 0 saturated heterocycles. The number of methoxy groups -OCH3 is 1. The molecule has 0 saturated carbocycles. The Bertz CT molecular complexity index is 873. The SMILES string of the molecule is COc1ccc2[nH]cc(CC(=O)N(C)Cc3ccccc3F)c2c1. The summed E-state index contributed by atoms with van der Waals surface area (Å²) in [6.07, 6.45) is 2.08. The number of likely N-dealkylation sites (N-methyl/N-ethyl adjacent to an activating group) is 1. The molecule has 0 radical (unpaired) electrons. The highest BCUT2D eigenvalue weighted by atomic mass is 19.1. The zero-order valence-corrected chi connectivity index (χ0v) is 13.7. The highest BCUT2D eigenvalue weighted by Crippen LogP contribution is 2.24. The minimum absolute atomic E-state index is 0.0676. The van der Waals surface area contributed by atoms with Gasteiger partial charge in [-0.25, -0.2) is 4.39 Å². The third kappa shape index (κ3) is 3.25. The molecule has 0 fully saturated rings. The van der Waals surface area contributed by atoms with Gasteiger partial charge in [0.1, 0.15) is 11.6 Å². The zero-order chi connectivity index (χ0) is 17.1. The highest BCUT2D eigenvalue weighted by molar-refractivity contribution is 5.89. The van der Waals surface area contributed by atoms with Crippen LogP contribution in [-0.2, 0) is 17.8 Å². The lowest BCUT2D eigenvalue weighted by Gasteiger charge is -2.17. The van der Waals surface area contributed by atoms with Crippen LogP contribution in [0.4, 0.5) is 4.39 Å². The van der Waals surface area contributed by atoms with Crippen LogP contribution in [0.3, 0.4) is 0 Å². The number of aromatic amines is 1. The number of hydrogen-bond acceptors (Lipinski definition) is 2. The van der Waals surface area contributed by atoms with Gasteiger partial charge in [-0.05, 0) is 29.8 Å². The van der Waals surface area contributed by atoms with Crippen LogP contribution in [0.5, 0.6) is 5.75 Å². The Morgan fingerprint density at radius 2 is 2.00 bits per heavy atom. The summed E-state index contributed by atoms with van der Waals surface area (Å²) >= 11 is 0. The van der Waals surface area contributed by atoms with E-state index in [0.717, 1.165) is 22.2 Å². The molecule has 1 N–H and O–H groups in total. The first-order valence-electron chi connectivity index (χ1n) is 7.70. The van der Waals surface area contributed by atoms with Crippen LogP contribution in [0, 0.1) is 5.82 Å². The molecule has 1 heterocycles. The number of hydrogen-bond donors (Lipinski definition) is 1. The number of halogens is 1. The summed E-state index contributed by atoms with van der Waals surface area (Å²) in [7, 11) is 3.30. The van der Waals surface area contributed by atoms with Crippen LogP contribution in [0.1, 0.15) is 11.1 Å². The van der Waals surface area contributed by atoms with Crippen LogP contribution in [0.15, 0.2) is 48.7 Å². The normalized spacial score (nSPS) is 10.8. The van der Waals surface area contributed by atoms with E-state index in [4.69, 9.17) is 4.74 Å². The van der Waals surface area contributed by atoms with E-state index >= 15 is 0 Å². The second-order valence-corrected chi connectivity index (χ2v) is 5.74. The van der Waals surface area contributed by atoms with Gasteiger partial charge >= 0.3 is 0 Å². The summed E-state index contributed by atoms with van der Waals surface area (Å²) in [6, 6.07) is 12.2. The van der Waals surface area contributed by atoms with Crippen molar-refractivity contribution in [2.24, 2.45) is 0 Å². The largest absolute Gasteiger partial charge is 0.497 e. The molecule has 3 aromatic rings. The predicted octanol–water partition coefficient (Wildman–Crippen LogP) is 3.52. The van der Waals surface area contributed by atoms with Gasteiger partial charge in [0.25, 0.3) is 0 Å². The van der Waals surface area contributed by atoms with Crippen molar-refractivity contribution in [1.29, 1.82) is 0 Å². The van der Waals surface area contributed by atoms with E-state index < -0.39 is 0 Å². The zero-order valence-electron chi connectivity index (χ0n) is 13.7. The molecule has 0 unspecified atom stereocenters. The number of ether oxygens (including phenoxy) is 1. The Morgan fingerprint density at radius 3 is 2.75 bits per heavy atom. The van der Waals surface area contributed by atoms with E-state index in [2.05, 4.69) is 4.98 Å². The molecule has 2 aromatic carbocycles. The number of nitrogens with zero attached hydrogens (tertiary/aromatic N) is 1. The van der Waals surface area contributed by atoms with Crippen LogP contribution in [-0.4, -0.2) is 29.9 Å². The van der Waals surface area contributed by atoms with Crippen molar-refractivity contribution in [3.05, 3.63) is 65.6 Å². The number of nitrogens with one attached hydrogen (secondary N) is 1. The molecular weight excluding hydrogens is 307 g/mol. The summed E-state index contributed by atoms with van der Waals surface area (Å²) in [5, 5.41) is 0.960. The molecule has 3 rings (SSSR count). The monoisotopic (exact) mass is 326 g/mol. The van der Waals surface area contributed by atoms with Crippen LogP contribution in [0.25, 0.3) is 10.9 Å². The average molecular weight is 326 g/mol. The van der Waals surface area contributed by atoms with Gasteiger partial charge in [-0.3, -0.25) is 4.79 Å². The van der Waals surface area contributed by atoms with E-state index in [1.165, 1.54) is 11.0 Å². The van der Waals surface area contributed by atoms with Crippen molar-refractivity contribution in [3.63, 3.8) is 0 Å². The molecule has 0 atom stereocenters. The fourth-order valence-electron chi connectivity index (χ4n) is 2.70. The third-order valence-electron chi connectivity index (χ3n) is 4.11. The van der Waals surface area contributed by atoms with Gasteiger partial charge in [0.15, 0.2) is 0 Å². The summed E-state index contributed by atoms with van der Waals surface area (Å²) in [5.41, 5.74) is 2.36. The van der Waals surface area contributed by atoms with Crippen molar-refractivity contribution in [2.75, 3.05) is 14.2 Å². The molecule has 0 aliphatic carbocycles. The second kappa shape index (κ2) is 6.74. The van der Waals surface area contributed by atoms with Crippen LogP contribution in [0.2, 0.25) is 0 Å². The van der Waals surface area contributed by atoms with Crippen molar-refractivity contribution in [1.82, 2.24) is 9.88 Å². The summed E-state index contributed by atoms with van der Waals surface area (Å²) in [4.78, 5) is 17.2. The molecule has 0 aliphatic heterocycles.